The van der Waals surface area contributed by atoms with Crippen LogP contribution in [0.15, 0.2) is 70.8 Å². The summed E-state index contributed by atoms with van der Waals surface area (Å²) in [5.41, 5.74) is 29.7. The minimum atomic E-state index is -1.57. The molecule has 3 aromatic rings. The van der Waals surface area contributed by atoms with E-state index in [0.29, 0.717) is 11.1 Å². The van der Waals surface area contributed by atoms with Crippen LogP contribution in [-0.2, 0) is 56.0 Å². The number of amides is 9. The molecule has 0 aliphatic carbocycles. The van der Waals surface area contributed by atoms with Crippen LogP contribution in [0.3, 0.4) is 0 Å². The summed E-state index contributed by atoms with van der Waals surface area (Å²) in [6.07, 6.45) is 1.95. The van der Waals surface area contributed by atoms with Crippen molar-refractivity contribution >= 4 is 76.0 Å². The number of aromatic nitrogens is 1. The molecule has 2 aromatic carbocycles. The van der Waals surface area contributed by atoms with Crippen LogP contribution >= 0.6 is 0 Å². The zero-order chi connectivity index (χ0) is 51.9. The van der Waals surface area contributed by atoms with E-state index in [9.17, 15) is 43.2 Å². The lowest BCUT2D eigenvalue weighted by atomic mass is 10.0. The average molecular weight is 987 g/mol. The number of nitrogens with zero attached hydrogens (tertiary/aromatic N) is 2. The number of primary amides is 1. The summed E-state index contributed by atoms with van der Waals surface area (Å²) in [4.78, 5) is 133. The molecule has 0 bridgehead atoms. The lowest BCUT2D eigenvalue weighted by molar-refractivity contribution is -0.135. The van der Waals surface area contributed by atoms with Crippen LogP contribution in [0.1, 0.15) is 69.4 Å². The van der Waals surface area contributed by atoms with Crippen molar-refractivity contribution in [3.63, 3.8) is 0 Å². The molecular formula is C46H66N16O9. The monoisotopic (exact) mass is 987 g/mol. The number of nitrogens with one attached hydrogen (secondary N) is 9. The van der Waals surface area contributed by atoms with Gasteiger partial charge in [0.05, 0.1) is 13.0 Å². The molecule has 25 heteroatoms. The Bertz CT molecular complexity index is 2400. The highest BCUT2D eigenvalue weighted by atomic mass is 16.2. The first-order valence-electron chi connectivity index (χ1n) is 23.2. The van der Waals surface area contributed by atoms with Crippen LogP contribution in [0.25, 0.3) is 10.9 Å². The Morgan fingerprint density at radius 1 is 0.704 bits per heavy atom. The molecule has 19 N–H and O–H groups in total. The van der Waals surface area contributed by atoms with E-state index in [0.717, 1.165) is 10.9 Å². The van der Waals surface area contributed by atoms with E-state index in [1.54, 1.807) is 36.5 Å². The van der Waals surface area contributed by atoms with Gasteiger partial charge in [0.1, 0.15) is 36.3 Å². The SMILES string of the molecule is CC(=O)N[C@@H](CCCN=C(N)N)C(=O)N[C@H]1CC(=O)NCCCC[C@@H](C(N)=O)NC(=O)[C@H](Cc2c[nH]c3ccccc23)NC(=O)[C@H](CCCN=C(N)N)NC(=O)[C@@H](Cc2ccccc2)NC(=O)CNC1=O. The van der Waals surface area contributed by atoms with Crippen LogP contribution in [0.2, 0.25) is 0 Å². The van der Waals surface area contributed by atoms with Crippen molar-refractivity contribution in [2.75, 3.05) is 26.2 Å². The second-order valence-electron chi connectivity index (χ2n) is 16.9. The van der Waals surface area contributed by atoms with Crippen molar-refractivity contribution in [2.45, 2.75) is 107 Å². The maximum atomic E-state index is 14.4. The molecule has 384 valence electrons. The minimum absolute atomic E-state index is 0.0345. The van der Waals surface area contributed by atoms with E-state index in [-0.39, 0.29) is 89.3 Å². The fourth-order valence-corrected chi connectivity index (χ4v) is 7.66. The van der Waals surface area contributed by atoms with Crippen molar-refractivity contribution in [1.29, 1.82) is 0 Å². The van der Waals surface area contributed by atoms with Crippen LogP contribution in [0.5, 0.6) is 0 Å². The summed E-state index contributed by atoms with van der Waals surface area (Å²) in [5, 5.41) is 21.6. The number of hydrogen-bond acceptors (Lipinski definition) is 11. The van der Waals surface area contributed by atoms with Crippen LogP contribution in [-0.4, -0.2) is 132 Å². The summed E-state index contributed by atoms with van der Waals surface area (Å²) in [7, 11) is 0. The zero-order valence-electron chi connectivity index (χ0n) is 39.6. The molecule has 0 saturated carbocycles. The molecule has 0 radical (unpaired) electrons. The third kappa shape index (κ3) is 19.3. The van der Waals surface area contributed by atoms with Gasteiger partial charge in [-0.15, -0.1) is 0 Å². The first kappa shape index (κ1) is 55.3. The highest BCUT2D eigenvalue weighted by Crippen LogP contribution is 2.20. The van der Waals surface area contributed by atoms with Gasteiger partial charge in [-0.05, 0) is 62.1 Å². The summed E-state index contributed by atoms with van der Waals surface area (Å²) >= 11 is 0. The number of nitrogens with two attached hydrogens (primary N) is 5. The van der Waals surface area contributed by atoms with Gasteiger partial charge in [-0.1, -0.05) is 48.5 Å². The molecule has 1 fully saturated rings. The van der Waals surface area contributed by atoms with Gasteiger partial charge in [-0.2, -0.15) is 0 Å². The van der Waals surface area contributed by atoms with Gasteiger partial charge in [0.2, 0.25) is 53.2 Å². The molecule has 0 spiro atoms. The predicted molar refractivity (Wildman–Crippen MR) is 263 cm³/mol. The van der Waals surface area contributed by atoms with Gasteiger partial charge in [0.25, 0.3) is 0 Å². The maximum absolute atomic E-state index is 14.4. The molecule has 25 nitrogen and oxygen atoms in total. The minimum Gasteiger partial charge on any atom is -0.370 e. The Labute approximate surface area is 409 Å². The number of aliphatic imine (C=N–C) groups is 2. The zero-order valence-corrected chi connectivity index (χ0v) is 39.6. The highest BCUT2D eigenvalue weighted by Gasteiger charge is 2.33. The van der Waals surface area contributed by atoms with Gasteiger partial charge in [0, 0.05) is 56.5 Å². The van der Waals surface area contributed by atoms with E-state index in [1.807, 2.05) is 24.3 Å². The topological polar surface area (TPSA) is 420 Å². The number of benzene rings is 2. The fourth-order valence-electron chi connectivity index (χ4n) is 7.66. The lowest BCUT2D eigenvalue weighted by Gasteiger charge is -2.26. The molecule has 0 unspecified atom stereocenters. The Morgan fingerprint density at radius 3 is 2.03 bits per heavy atom. The number of para-hydroxylation sites is 1. The van der Waals surface area contributed by atoms with Crippen molar-refractivity contribution in [3.05, 3.63) is 71.9 Å². The Morgan fingerprint density at radius 2 is 1.34 bits per heavy atom. The van der Waals surface area contributed by atoms with Crippen LogP contribution in [0, 0.1) is 0 Å². The molecule has 1 aliphatic heterocycles. The number of guanidine groups is 2. The van der Waals surface area contributed by atoms with Crippen LogP contribution in [0.4, 0.5) is 0 Å². The number of rotatable bonds is 16. The third-order valence-corrected chi connectivity index (χ3v) is 11.2. The van der Waals surface area contributed by atoms with Gasteiger partial charge in [0.15, 0.2) is 11.9 Å². The summed E-state index contributed by atoms with van der Waals surface area (Å²) in [6.45, 7) is 0.700. The van der Waals surface area contributed by atoms with E-state index < -0.39 is 102 Å². The van der Waals surface area contributed by atoms with E-state index in [1.165, 1.54) is 6.92 Å². The summed E-state index contributed by atoms with van der Waals surface area (Å²) in [5.74, 6) is -7.45. The van der Waals surface area contributed by atoms with Crippen LogP contribution < -0.4 is 71.2 Å². The largest absolute Gasteiger partial charge is 0.370 e. The molecular weight excluding hydrogens is 921 g/mol. The Hall–Kier alpha value is -8.25. The van der Waals surface area contributed by atoms with Gasteiger partial charge in [-0.25, -0.2) is 0 Å². The summed E-state index contributed by atoms with van der Waals surface area (Å²) < 4.78 is 0. The van der Waals surface area contributed by atoms with Crippen molar-refractivity contribution in [3.8, 4) is 0 Å². The van der Waals surface area contributed by atoms with E-state index in [4.69, 9.17) is 28.7 Å². The number of hydrogen-bond donors (Lipinski definition) is 14. The number of aromatic amines is 1. The molecule has 9 amide bonds. The molecule has 4 rings (SSSR count). The molecule has 71 heavy (non-hydrogen) atoms. The van der Waals surface area contributed by atoms with Crippen molar-refractivity contribution < 1.29 is 43.2 Å². The second kappa shape index (κ2) is 28.3. The summed E-state index contributed by atoms with van der Waals surface area (Å²) in [6, 6.07) is 8.00. The molecule has 1 aromatic heterocycles. The second-order valence-corrected chi connectivity index (χ2v) is 16.9. The Balaban J connectivity index is 1.69. The van der Waals surface area contributed by atoms with Crippen molar-refractivity contribution in [1.82, 2.24) is 47.5 Å². The normalized spacial score (nSPS) is 20.5. The molecule has 2 heterocycles. The lowest BCUT2D eigenvalue weighted by Crippen LogP contribution is -2.59. The maximum Gasteiger partial charge on any atom is 0.243 e. The van der Waals surface area contributed by atoms with Gasteiger partial charge in [-0.3, -0.25) is 53.1 Å². The number of carbonyl (C=O) groups excluding carboxylic acids is 9. The van der Waals surface area contributed by atoms with E-state index >= 15 is 0 Å². The molecule has 1 aliphatic rings. The Kier molecular flexibility index (Phi) is 22.1. The average Bonchev–Trinajstić information content (AvgIpc) is 3.73. The van der Waals surface area contributed by atoms with E-state index in [2.05, 4.69) is 57.5 Å². The smallest absolute Gasteiger partial charge is 0.243 e. The number of H-pyrrole nitrogens is 1. The standard InChI is InChI=1S/C46H66N16O9/c1-26(63)57-32(16-9-19-53-45(48)49)41(68)62-36-23-37(64)52-18-8-7-15-31(39(47)66)59-44(71)35(22-28-24-55-30-14-6-5-13-29(28)30)61-42(69)33(17-10-20-54-46(50)51)60-43(70)34(21-27-11-3-2-4-12-27)58-38(65)25-56-40(36)67/h2-6,11-14,24,31-36,55H,7-10,15-23,25H2,1H3,(H2,47,66)(H,52,64)(H,56,67)(H,57,63)(H,58,65)(H,59,71)(H,60,70)(H,61,69)(H,62,68)(H4,48,49,53)(H4,50,51,54)/t31-,32-,33-,34+,35-,36-/m0/s1. The molecule has 1 saturated heterocycles. The number of fused-ring (bicyclic) bond motifs is 1. The predicted octanol–water partition coefficient (Wildman–Crippen LogP) is -3.72. The van der Waals surface area contributed by atoms with Gasteiger partial charge >= 0.3 is 0 Å². The third-order valence-electron chi connectivity index (χ3n) is 11.2. The molecule has 6 atom stereocenters. The fraction of sp³-hybridized carbons (Fsp3) is 0.457. The first-order valence-corrected chi connectivity index (χ1v) is 23.2. The van der Waals surface area contributed by atoms with Gasteiger partial charge < -0.3 is 76.2 Å². The highest BCUT2D eigenvalue weighted by molar-refractivity contribution is 5.98. The number of carbonyl (C=O) groups is 9. The quantitative estimate of drug-likeness (QED) is 0.0374. The van der Waals surface area contributed by atoms with Crippen molar-refractivity contribution in [2.24, 2.45) is 38.7 Å². The first-order chi connectivity index (χ1) is 33.9.